The second-order valence-electron chi connectivity index (χ2n) is 1.82. The second kappa shape index (κ2) is 8.21. The molecule has 0 amide bonds. The van der Waals surface area contributed by atoms with Crippen molar-refractivity contribution < 1.29 is 4.84 Å². The normalized spacial score (nSPS) is 11.4. The molecule has 0 aromatic heterocycles. The highest BCUT2D eigenvalue weighted by Crippen LogP contribution is 1.88. The monoisotopic (exact) mass is 140 g/mol. The van der Waals surface area contributed by atoms with Crippen molar-refractivity contribution in [2.75, 3.05) is 7.11 Å². The standard InChI is InChI=1S/C8H14NO/c1-3-4-5-6-7-8-9-10-2/h5-6,8H,1,3-4,7H2,2H3. The maximum atomic E-state index is 4.47. The Labute approximate surface area is 62.6 Å². The van der Waals surface area contributed by atoms with Crippen LogP contribution >= 0.6 is 0 Å². The summed E-state index contributed by atoms with van der Waals surface area (Å²) in [5, 5.41) is 3.58. The number of hydrogen-bond acceptors (Lipinski definition) is 2. The van der Waals surface area contributed by atoms with E-state index in [4.69, 9.17) is 0 Å². The van der Waals surface area contributed by atoms with Crippen LogP contribution in [0, 0.1) is 6.92 Å². The molecule has 2 heteroatoms. The summed E-state index contributed by atoms with van der Waals surface area (Å²) < 4.78 is 0. The molecule has 57 valence electrons. The van der Waals surface area contributed by atoms with Crippen molar-refractivity contribution in [3.8, 4) is 0 Å². The van der Waals surface area contributed by atoms with Crippen molar-refractivity contribution in [2.45, 2.75) is 19.3 Å². The van der Waals surface area contributed by atoms with Crippen molar-refractivity contribution in [3.63, 3.8) is 0 Å². The fraction of sp³-hybridized carbons (Fsp3) is 0.500. The van der Waals surface area contributed by atoms with Crippen LogP contribution in [0.1, 0.15) is 19.3 Å². The molecule has 10 heavy (non-hydrogen) atoms. The molecule has 0 bridgehead atoms. The Kier molecular flexibility index (Phi) is 7.56. The molecule has 1 radical (unpaired) electrons. The van der Waals surface area contributed by atoms with Gasteiger partial charge in [-0.3, -0.25) is 0 Å². The Hall–Kier alpha value is -0.790. The van der Waals surface area contributed by atoms with E-state index in [1.807, 2.05) is 6.08 Å². The molecule has 0 unspecified atom stereocenters. The molecule has 0 atom stereocenters. The average Bonchev–Trinajstić information content (AvgIpc) is 1.97. The van der Waals surface area contributed by atoms with Crippen LogP contribution in [0.2, 0.25) is 0 Å². The summed E-state index contributed by atoms with van der Waals surface area (Å²) in [5.74, 6) is 0. The molecular weight excluding hydrogens is 126 g/mol. The van der Waals surface area contributed by atoms with Gasteiger partial charge in [-0.05, 0) is 12.8 Å². The van der Waals surface area contributed by atoms with Gasteiger partial charge in [-0.2, -0.15) is 0 Å². The van der Waals surface area contributed by atoms with Gasteiger partial charge in [0.1, 0.15) is 7.11 Å². The Morgan fingerprint density at radius 2 is 2.30 bits per heavy atom. The zero-order valence-corrected chi connectivity index (χ0v) is 6.42. The molecular formula is C8H14NO. The molecule has 0 saturated heterocycles. The molecule has 0 fully saturated rings. The largest absolute Gasteiger partial charge is 0.399 e. The summed E-state index contributed by atoms with van der Waals surface area (Å²) in [7, 11) is 1.54. The van der Waals surface area contributed by atoms with Gasteiger partial charge in [-0.1, -0.05) is 24.2 Å². The highest BCUT2D eigenvalue weighted by Gasteiger charge is 1.72. The number of hydrogen-bond donors (Lipinski definition) is 0. The first-order chi connectivity index (χ1) is 4.91. The van der Waals surface area contributed by atoms with Gasteiger partial charge in [-0.15, -0.1) is 0 Å². The van der Waals surface area contributed by atoms with E-state index in [0.29, 0.717) is 0 Å². The predicted molar refractivity (Wildman–Crippen MR) is 43.8 cm³/mol. The van der Waals surface area contributed by atoms with Crippen LogP contribution < -0.4 is 0 Å². The van der Waals surface area contributed by atoms with Crippen LogP contribution in [0.4, 0.5) is 0 Å². The summed E-state index contributed by atoms with van der Waals surface area (Å²) in [4.78, 5) is 4.47. The number of oxime groups is 1. The smallest absolute Gasteiger partial charge is 0.106 e. The van der Waals surface area contributed by atoms with E-state index in [1.54, 1.807) is 6.21 Å². The molecule has 0 N–H and O–H groups in total. The molecule has 0 heterocycles. The Morgan fingerprint density at radius 1 is 1.50 bits per heavy atom. The third kappa shape index (κ3) is 7.21. The molecule has 0 aromatic carbocycles. The highest BCUT2D eigenvalue weighted by molar-refractivity contribution is 5.58. The van der Waals surface area contributed by atoms with Gasteiger partial charge in [0.05, 0.1) is 0 Å². The lowest BCUT2D eigenvalue weighted by atomic mass is 10.3. The summed E-state index contributed by atoms with van der Waals surface area (Å²) in [5.41, 5.74) is 0. The first-order valence-electron chi connectivity index (χ1n) is 3.41. The molecule has 0 saturated carbocycles. The zero-order valence-electron chi connectivity index (χ0n) is 6.42. The Balaban J connectivity index is 3.09. The first-order valence-corrected chi connectivity index (χ1v) is 3.41. The maximum Gasteiger partial charge on any atom is 0.106 e. The minimum atomic E-state index is 0.841. The van der Waals surface area contributed by atoms with Crippen molar-refractivity contribution >= 4 is 6.21 Å². The minimum Gasteiger partial charge on any atom is -0.399 e. The van der Waals surface area contributed by atoms with Crippen LogP contribution in [0.25, 0.3) is 0 Å². The average molecular weight is 140 g/mol. The summed E-state index contributed by atoms with van der Waals surface area (Å²) in [6.07, 6.45) is 8.70. The summed E-state index contributed by atoms with van der Waals surface area (Å²) >= 11 is 0. The number of allylic oxidation sites excluding steroid dienone is 2. The zero-order chi connectivity index (χ0) is 7.66. The van der Waals surface area contributed by atoms with Crippen molar-refractivity contribution in [3.05, 3.63) is 19.1 Å². The van der Waals surface area contributed by atoms with Gasteiger partial charge in [0.15, 0.2) is 0 Å². The number of rotatable bonds is 5. The second-order valence-corrected chi connectivity index (χ2v) is 1.82. The lowest BCUT2D eigenvalue weighted by molar-refractivity contribution is 0.215. The SMILES string of the molecule is [CH2]CCC=CCC=NOC. The van der Waals surface area contributed by atoms with Crippen LogP contribution in [-0.2, 0) is 4.84 Å². The molecule has 0 aliphatic carbocycles. The highest BCUT2D eigenvalue weighted by atomic mass is 16.6. The van der Waals surface area contributed by atoms with E-state index in [2.05, 4.69) is 23.0 Å². The van der Waals surface area contributed by atoms with Gasteiger partial charge in [0.25, 0.3) is 0 Å². The van der Waals surface area contributed by atoms with Crippen LogP contribution in [0.3, 0.4) is 0 Å². The van der Waals surface area contributed by atoms with Crippen LogP contribution in [0.5, 0.6) is 0 Å². The first kappa shape index (κ1) is 9.21. The van der Waals surface area contributed by atoms with Gasteiger partial charge in [-0.25, -0.2) is 0 Å². The fourth-order valence-electron chi connectivity index (χ4n) is 0.510. The van der Waals surface area contributed by atoms with E-state index >= 15 is 0 Å². The Morgan fingerprint density at radius 3 is 2.90 bits per heavy atom. The van der Waals surface area contributed by atoms with Gasteiger partial charge in [0, 0.05) is 12.6 Å². The van der Waals surface area contributed by atoms with E-state index in [1.165, 1.54) is 7.11 Å². The van der Waals surface area contributed by atoms with E-state index in [-0.39, 0.29) is 0 Å². The third-order valence-corrected chi connectivity index (χ3v) is 0.959. The van der Waals surface area contributed by atoms with Gasteiger partial charge >= 0.3 is 0 Å². The lowest BCUT2D eigenvalue weighted by Gasteiger charge is -1.83. The fourth-order valence-corrected chi connectivity index (χ4v) is 0.510. The minimum absolute atomic E-state index is 0.841. The van der Waals surface area contributed by atoms with Gasteiger partial charge < -0.3 is 4.84 Å². The van der Waals surface area contributed by atoms with Gasteiger partial charge in [0.2, 0.25) is 0 Å². The van der Waals surface area contributed by atoms with Crippen molar-refractivity contribution in [2.24, 2.45) is 5.16 Å². The topological polar surface area (TPSA) is 21.6 Å². The molecule has 0 aromatic rings. The van der Waals surface area contributed by atoms with Crippen molar-refractivity contribution in [1.82, 2.24) is 0 Å². The third-order valence-electron chi connectivity index (χ3n) is 0.959. The Bertz CT molecular complexity index is 108. The quantitative estimate of drug-likeness (QED) is 0.326. The molecule has 0 aliphatic rings. The lowest BCUT2D eigenvalue weighted by Crippen LogP contribution is -1.72. The van der Waals surface area contributed by atoms with E-state index in [9.17, 15) is 0 Å². The van der Waals surface area contributed by atoms with E-state index < -0.39 is 0 Å². The molecule has 0 aliphatic heterocycles. The van der Waals surface area contributed by atoms with Crippen molar-refractivity contribution in [1.29, 1.82) is 0 Å². The number of unbranched alkanes of at least 4 members (excludes halogenated alkanes) is 1. The summed E-state index contributed by atoms with van der Waals surface area (Å²) in [6.45, 7) is 3.71. The summed E-state index contributed by atoms with van der Waals surface area (Å²) in [6, 6.07) is 0. The molecule has 2 nitrogen and oxygen atoms in total. The molecule has 0 rings (SSSR count). The van der Waals surface area contributed by atoms with Crippen LogP contribution in [0.15, 0.2) is 17.3 Å². The van der Waals surface area contributed by atoms with E-state index in [0.717, 1.165) is 19.3 Å². The van der Waals surface area contributed by atoms with Crippen LogP contribution in [-0.4, -0.2) is 13.3 Å². The molecule has 0 spiro atoms. The predicted octanol–water partition coefficient (Wildman–Crippen LogP) is 2.18. The maximum absolute atomic E-state index is 4.47. The number of nitrogens with zero attached hydrogens (tertiary/aromatic N) is 1.